The van der Waals surface area contributed by atoms with Gasteiger partial charge in [0.1, 0.15) is 5.82 Å². The molecule has 4 heterocycles. The third-order valence-corrected chi connectivity index (χ3v) is 6.00. The van der Waals surface area contributed by atoms with E-state index in [1.54, 1.807) is 23.6 Å². The van der Waals surface area contributed by atoms with Crippen LogP contribution in [-0.4, -0.2) is 69.0 Å². The van der Waals surface area contributed by atoms with E-state index < -0.39 is 0 Å². The summed E-state index contributed by atoms with van der Waals surface area (Å²) >= 11 is 1.73. The Hall–Kier alpha value is -3.11. The number of hydrogen-bond acceptors (Lipinski definition) is 8. The molecule has 32 heavy (non-hydrogen) atoms. The second kappa shape index (κ2) is 8.79. The van der Waals surface area contributed by atoms with Gasteiger partial charge in [-0.25, -0.2) is 9.67 Å². The van der Waals surface area contributed by atoms with Gasteiger partial charge in [0.05, 0.1) is 31.8 Å². The van der Waals surface area contributed by atoms with Crippen LogP contribution in [0.25, 0.3) is 28.2 Å². The predicted molar refractivity (Wildman–Crippen MR) is 126 cm³/mol. The number of methoxy groups -OCH3 is 1. The summed E-state index contributed by atoms with van der Waals surface area (Å²) in [5.41, 5.74) is 3.52. The van der Waals surface area contributed by atoms with E-state index in [-0.39, 0.29) is 0 Å². The summed E-state index contributed by atoms with van der Waals surface area (Å²) in [6, 6.07) is 10.0. The Labute approximate surface area is 190 Å². The van der Waals surface area contributed by atoms with E-state index in [0.717, 1.165) is 52.9 Å². The number of hydrogen-bond donors (Lipinski definition) is 0. The number of anilines is 1. The summed E-state index contributed by atoms with van der Waals surface area (Å²) in [5, 5.41) is 4.64. The molecule has 5 rings (SSSR count). The highest BCUT2D eigenvalue weighted by Gasteiger charge is 2.23. The van der Waals surface area contributed by atoms with Gasteiger partial charge < -0.3 is 18.9 Å². The number of nitrogens with zero attached hydrogens (tertiary/aromatic N) is 7. The van der Waals surface area contributed by atoms with E-state index >= 15 is 0 Å². The molecule has 1 aliphatic heterocycles. The summed E-state index contributed by atoms with van der Waals surface area (Å²) in [6.07, 6.45) is 3.99. The quantitative estimate of drug-likeness (QED) is 0.442. The lowest BCUT2D eigenvalue weighted by Crippen LogP contribution is -2.37. The molecule has 9 nitrogen and oxygen atoms in total. The van der Waals surface area contributed by atoms with Crippen LogP contribution in [0.1, 0.15) is 5.82 Å². The second-order valence-corrected chi connectivity index (χ2v) is 8.32. The van der Waals surface area contributed by atoms with Crippen molar-refractivity contribution in [1.29, 1.82) is 0 Å². The number of aromatic nitrogens is 6. The summed E-state index contributed by atoms with van der Waals surface area (Å²) in [7, 11) is 1.62. The first kappa shape index (κ1) is 20.8. The van der Waals surface area contributed by atoms with Crippen molar-refractivity contribution >= 4 is 28.7 Å². The first-order chi connectivity index (χ1) is 15.7. The van der Waals surface area contributed by atoms with Crippen LogP contribution in [0, 0.1) is 6.92 Å². The molecule has 1 aliphatic rings. The van der Waals surface area contributed by atoms with Gasteiger partial charge >= 0.3 is 0 Å². The van der Waals surface area contributed by atoms with Crippen LogP contribution < -0.4 is 9.64 Å². The van der Waals surface area contributed by atoms with Crippen molar-refractivity contribution < 1.29 is 9.47 Å². The van der Waals surface area contributed by atoms with Gasteiger partial charge in [-0.2, -0.15) is 9.97 Å². The first-order valence-electron chi connectivity index (χ1n) is 10.5. The average Bonchev–Trinajstić information content (AvgIpc) is 3.41. The van der Waals surface area contributed by atoms with Crippen LogP contribution in [0.3, 0.4) is 0 Å². The molecule has 0 aliphatic carbocycles. The Kier molecular flexibility index (Phi) is 5.71. The number of fused-ring (bicyclic) bond motifs is 1. The van der Waals surface area contributed by atoms with Crippen molar-refractivity contribution in [3.05, 3.63) is 42.4 Å². The lowest BCUT2D eigenvalue weighted by Gasteiger charge is -2.28. The van der Waals surface area contributed by atoms with E-state index in [4.69, 9.17) is 24.4 Å². The van der Waals surface area contributed by atoms with E-state index in [2.05, 4.69) is 20.8 Å². The maximum Gasteiger partial charge on any atom is 0.254 e. The zero-order chi connectivity index (χ0) is 22.1. The Bertz CT molecular complexity index is 1230. The van der Waals surface area contributed by atoms with Gasteiger partial charge in [0, 0.05) is 19.3 Å². The monoisotopic (exact) mass is 451 g/mol. The van der Waals surface area contributed by atoms with Crippen LogP contribution in [0.4, 0.5) is 5.82 Å². The molecule has 0 amide bonds. The van der Waals surface area contributed by atoms with Crippen molar-refractivity contribution in [2.75, 3.05) is 44.6 Å². The van der Waals surface area contributed by atoms with Crippen molar-refractivity contribution in [3.8, 4) is 23.0 Å². The van der Waals surface area contributed by atoms with Gasteiger partial charge in [-0.3, -0.25) is 0 Å². The fourth-order valence-corrected chi connectivity index (χ4v) is 4.46. The summed E-state index contributed by atoms with van der Waals surface area (Å²) in [5.74, 6) is 3.51. The lowest BCUT2D eigenvalue weighted by atomic mass is 10.1. The largest absolute Gasteiger partial charge is 0.479 e. The number of imidazole rings is 1. The number of aryl methyl sites for hydroxylation is 1. The number of morpholine rings is 1. The minimum absolute atomic E-state index is 0.488. The van der Waals surface area contributed by atoms with Crippen molar-refractivity contribution in [2.24, 2.45) is 0 Å². The van der Waals surface area contributed by atoms with E-state index in [1.807, 2.05) is 43.5 Å². The van der Waals surface area contributed by atoms with Crippen LogP contribution >= 0.6 is 11.8 Å². The zero-order valence-corrected chi connectivity index (χ0v) is 19.2. The van der Waals surface area contributed by atoms with Crippen molar-refractivity contribution in [1.82, 2.24) is 29.3 Å². The van der Waals surface area contributed by atoms with Crippen molar-refractivity contribution in [3.63, 3.8) is 0 Å². The molecule has 166 valence electrons. The molecule has 0 N–H and O–H groups in total. The number of rotatable bonds is 6. The molecule has 3 aromatic heterocycles. The normalized spacial score (nSPS) is 14.3. The number of thioether (sulfide) groups is 1. The van der Waals surface area contributed by atoms with Crippen LogP contribution in [0.2, 0.25) is 0 Å². The molecule has 0 bridgehead atoms. The van der Waals surface area contributed by atoms with Gasteiger partial charge in [0.2, 0.25) is 5.88 Å². The maximum absolute atomic E-state index is 5.57. The van der Waals surface area contributed by atoms with Crippen LogP contribution in [0.5, 0.6) is 5.88 Å². The summed E-state index contributed by atoms with van der Waals surface area (Å²) in [6.45, 7) is 4.86. The Balaban J connectivity index is 1.69. The SMILES string of the molecule is COc1nn(-c2nc(N3CCOCC3)c3nc(C)n(CSC)c3n2)cc1-c1ccccc1. The van der Waals surface area contributed by atoms with E-state index in [0.29, 0.717) is 25.0 Å². The highest BCUT2D eigenvalue weighted by molar-refractivity contribution is 7.97. The Morgan fingerprint density at radius 2 is 1.88 bits per heavy atom. The zero-order valence-electron chi connectivity index (χ0n) is 18.4. The number of benzene rings is 1. The molecule has 0 unspecified atom stereocenters. The topological polar surface area (TPSA) is 83.1 Å². The minimum atomic E-state index is 0.488. The standard InChI is InChI=1S/C22H25N7O2S/c1-15-23-18-19(27-9-11-31-12-10-27)24-22(25-20(18)28(15)14-32-3)29-13-17(21(26-29)30-2)16-7-5-4-6-8-16/h4-8,13H,9-12,14H2,1-3H3. The third kappa shape index (κ3) is 3.69. The molecule has 1 saturated heterocycles. The smallest absolute Gasteiger partial charge is 0.254 e. The molecule has 0 atom stereocenters. The maximum atomic E-state index is 5.57. The fraction of sp³-hybridized carbons (Fsp3) is 0.364. The second-order valence-electron chi connectivity index (χ2n) is 7.49. The number of ether oxygens (including phenoxy) is 2. The molecule has 0 radical (unpaired) electrons. The lowest BCUT2D eigenvalue weighted by molar-refractivity contribution is 0.122. The van der Waals surface area contributed by atoms with Gasteiger partial charge in [0.25, 0.3) is 5.95 Å². The third-order valence-electron chi connectivity index (χ3n) is 5.49. The van der Waals surface area contributed by atoms with Gasteiger partial charge in [-0.15, -0.1) is 16.9 Å². The highest BCUT2D eigenvalue weighted by atomic mass is 32.2. The van der Waals surface area contributed by atoms with Gasteiger partial charge in [0.15, 0.2) is 17.0 Å². The average molecular weight is 452 g/mol. The Morgan fingerprint density at radius 3 is 2.59 bits per heavy atom. The molecular weight excluding hydrogens is 426 g/mol. The highest BCUT2D eigenvalue weighted by Crippen LogP contribution is 2.31. The van der Waals surface area contributed by atoms with Crippen molar-refractivity contribution in [2.45, 2.75) is 12.8 Å². The summed E-state index contributed by atoms with van der Waals surface area (Å²) in [4.78, 5) is 16.8. The molecule has 0 saturated carbocycles. The van der Waals surface area contributed by atoms with Gasteiger partial charge in [-0.05, 0) is 18.7 Å². The minimum Gasteiger partial charge on any atom is -0.479 e. The fourth-order valence-electron chi connectivity index (χ4n) is 3.89. The summed E-state index contributed by atoms with van der Waals surface area (Å²) < 4.78 is 14.9. The molecule has 1 aromatic carbocycles. The Morgan fingerprint density at radius 1 is 1.09 bits per heavy atom. The van der Waals surface area contributed by atoms with Crippen LogP contribution in [0.15, 0.2) is 36.5 Å². The molecular formula is C22H25N7O2S. The van der Waals surface area contributed by atoms with Gasteiger partial charge in [-0.1, -0.05) is 30.3 Å². The molecule has 1 fully saturated rings. The van der Waals surface area contributed by atoms with Crippen LogP contribution in [-0.2, 0) is 10.6 Å². The molecule has 4 aromatic rings. The molecule has 10 heteroatoms. The van der Waals surface area contributed by atoms with E-state index in [1.165, 1.54) is 0 Å². The van der Waals surface area contributed by atoms with E-state index in [9.17, 15) is 0 Å². The predicted octanol–water partition coefficient (Wildman–Crippen LogP) is 3.15. The molecule has 0 spiro atoms. The first-order valence-corrected chi connectivity index (χ1v) is 11.8.